The molecule has 4 aliphatic heterocycles. The first-order chi connectivity index (χ1) is 47.8. The molecule has 11 heterocycles. The summed E-state index contributed by atoms with van der Waals surface area (Å²) in [6.45, 7) is 5.29. The number of aromatic hydroxyl groups is 1. The van der Waals surface area contributed by atoms with Gasteiger partial charge in [0, 0.05) is 69.5 Å². The highest BCUT2D eigenvalue weighted by Gasteiger charge is 2.50. The van der Waals surface area contributed by atoms with Gasteiger partial charge in [-0.25, -0.2) is 39.5 Å². The highest BCUT2D eigenvalue weighted by atomic mass is 32.1. The van der Waals surface area contributed by atoms with Gasteiger partial charge in [-0.1, -0.05) is 12.1 Å². The Hall–Kier alpha value is -8.83. The average molecular weight is 1470 g/mol. The smallest absolute Gasteiger partial charge is 0.358 e. The van der Waals surface area contributed by atoms with Crippen LogP contribution in [0.25, 0.3) is 49.3 Å². The summed E-state index contributed by atoms with van der Waals surface area (Å²) < 4.78 is 38.3. The number of aromatic nitrogens is 7. The maximum absolute atomic E-state index is 15.2. The number of aliphatic hydroxyl groups excluding tert-OH is 2. The minimum absolute atomic E-state index is 0.00720. The Balaban J connectivity index is 1.02. The van der Waals surface area contributed by atoms with E-state index in [-0.39, 0.29) is 118 Å². The standard InChI is InChI=1S/C63H68N14O18S5/c1-26(79)42-55(85)73-43(27(2)90-8)58-69-37(25-98-58)54(84)74-46-48-49(95-40-17-63(4,88)50(75(5)6)28(3)94-40)62(87)92-18-29-10-9-11-38-41(29)31(19-91-48)47(77(38)89)61(86)93-20-32(65-52(82)35-24-100-60(46)70-35)57-66-33(21-97-57)44-30(56-67-36(23-96-56)53(83)72-42)16-39(80)45(71-44)59-68-34(22-99-59)51(81)64-12-13-76(7)14-15-78/h9-11,16,21-26,28,32,40,42,46,48-50,78-80,88-89H,12-15,17-20H2,1-8H3,(H,64,81)(H,65,82)(H,72,83)(H,73,85)(H,74,84)/b43-27-. The summed E-state index contributed by atoms with van der Waals surface area (Å²) in [5, 5.41) is 77.9. The Morgan fingerprint density at radius 3 is 2.25 bits per heavy atom. The summed E-state index contributed by atoms with van der Waals surface area (Å²) in [5.41, 5.74) is -2.29. The zero-order chi connectivity index (χ0) is 71.2. The molecule has 10 unspecified atom stereocenters. The SMILES string of the molecule is CO/C(C)=C1\NC(=O)C(C(C)O)NC(=O)c2csc(n2)-c2cc(O)c(-c3nc(C(=O)NCCN(C)CCO)cs3)nc2-c2csc(n2)C2COC(=O)c3c4c5c(cccc5n3O)COC(=O)C(OC3CC(C)(O)C(N(C)C)C(C)O3)C(OC4)C(NC(=O)c3csc1n3)c1nc(cs1)C(=O)N2. The van der Waals surface area contributed by atoms with Crippen LogP contribution in [-0.4, -0.2) is 221 Å². The minimum atomic E-state index is -1.91. The first-order valence-corrected chi connectivity index (χ1v) is 35.5. The van der Waals surface area contributed by atoms with Crippen LogP contribution in [0.15, 0.2) is 56.9 Å². The number of esters is 2. The highest BCUT2D eigenvalue weighted by molar-refractivity contribution is 7.14. The third kappa shape index (κ3) is 14.4. The predicted octanol–water partition coefficient (Wildman–Crippen LogP) is 3.82. The van der Waals surface area contributed by atoms with E-state index >= 15 is 19.2 Å². The lowest BCUT2D eigenvalue weighted by molar-refractivity contribution is -0.280. The Morgan fingerprint density at radius 2 is 1.52 bits per heavy atom. The number of aliphatic hydroxyl groups is 3. The number of allylic oxidation sites excluding steroid dienone is 1. The summed E-state index contributed by atoms with van der Waals surface area (Å²) in [7, 11) is 6.64. The summed E-state index contributed by atoms with van der Waals surface area (Å²) in [4.78, 5) is 135. The van der Waals surface area contributed by atoms with Gasteiger partial charge in [0.1, 0.15) is 120 Å². The van der Waals surface area contributed by atoms with Gasteiger partial charge in [0.2, 0.25) is 5.91 Å². The number of fused-ring (bicyclic) bond motifs is 15. The van der Waals surface area contributed by atoms with Crippen LogP contribution < -0.4 is 26.6 Å². The van der Waals surface area contributed by atoms with E-state index in [0.717, 1.165) is 56.7 Å². The maximum Gasteiger partial charge on any atom is 0.358 e. The fraction of sp³-hybridized carbons (Fsp3) is 0.413. The molecule has 528 valence electrons. The van der Waals surface area contributed by atoms with Crippen LogP contribution in [0, 0.1) is 0 Å². The molecule has 5 amide bonds. The summed E-state index contributed by atoms with van der Waals surface area (Å²) in [6, 6.07) is 0.784. The Morgan fingerprint density at radius 1 is 0.840 bits per heavy atom. The molecule has 12 bridgehead atoms. The van der Waals surface area contributed by atoms with Crippen LogP contribution in [0.1, 0.15) is 125 Å². The first-order valence-electron chi connectivity index (χ1n) is 31.1. The number of hydrogen-bond donors (Lipinski definition) is 10. The number of cyclic esters (lactones) is 2. The van der Waals surface area contributed by atoms with Gasteiger partial charge >= 0.3 is 11.9 Å². The van der Waals surface area contributed by atoms with Crippen molar-refractivity contribution in [1.29, 1.82) is 0 Å². The number of nitrogens with zero attached hydrogens (tertiary/aromatic N) is 9. The predicted molar refractivity (Wildman–Crippen MR) is 361 cm³/mol. The van der Waals surface area contributed by atoms with Gasteiger partial charge in [-0.05, 0) is 66.5 Å². The molecule has 10 N–H and O–H groups in total. The molecule has 0 radical (unpaired) electrons. The monoisotopic (exact) mass is 1470 g/mol. The quantitative estimate of drug-likeness (QED) is 0.0472. The number of carbonyl (C=O) groups excluding carboxylic acids is 7. The fourth-order valence-electron chi connectivity index (χ4n) is 12.2. The van der Waals surface area contributed by atoms with E-state index in [9.17, 15) is 40.0 Å². The van der Waals surface area contributed by atoms with Crippen molar-refractivity contribution in [3.05, 3.63) is 112 Å². The molecule has 7 aromatic heterocycles. The summed E-state index contributed by atoms with van der Waals surface area (Å²) >= 11 is 4.67. The number of ether oxygens (including phenoxy) is 6. The lowest BCUT2D eigenvalue weighted by Gasteiger charge is -2.48. The number of methoxy groups -OCH3 is 1. The van der Waals surface area contributed by atoms with Crippen LogP contribution in [0.2, 0.25) is 0 Å². The van der Waals surface area contributed by atoms with Crippen LogP contribution in [0.3, 0.4) is 0 Å². The summed E-state index contributed by atoms with van der Waals surface area (Å²) in [6.07, 6.45) is -7.50. The largest absolute Gasteiger partial charge is 0.506 e. The zero-order valence-corrected chi connectivity index (χ0v) is 58.7. The van der Waals surface area contributed by atoms with Crippen molar-refractivity contribution in [2.75, 3.05) is 61.1 Å². The number of hydrogen-bond acceptors (Lipinski definition) is 31. The number of likely N-dealkylation sites (N-methyl/N-ethyl adjacent to an activating group) is 2. The van der Waals surface area contributed by atoms with E-state index in [2.05, 4.69) is 41.5 Å². The average Bonchev–Trinajstić information content (AvgIpc) is 1.55. The van der Waals surface area contributed by atoms with E-state index < -0.39 is 133 Å². The molecule has 1 fully saturated rings. The molecular weight excluding hydrogens is 1400 g/mol. The third-order valence-corrected chi connectivity index (χ3v) is 21.5. The van der Waals surface area contributed by atoms with Gasteiger partial charge in [-0.2, -0.15) is 4.73 Å². The van der Waals surface area contributed by atoms with Crippen molar-refractivity contribution >= 4 is 115 Å². The molecule has 4 aliphatic rings. The van der Waals surface area contributed by atoms with Crippen molar-refractivity contribution in [3.8, 4) is 38.4 Å². The van der Waals surface area contributed by atoms with Crippen molar-refractivity contribution in [3.63, 3.8) is 0 Å². The van der Waals surface area contributed by atoms with E-state index in [1.165, 1.54) is 54.6 Å². The maximum atomic E-state index is 15.2. The Bertz CT molecular complexity index is 4520. The molecule has 1 aromatic carbocycles. The number of pyridine rings is 1. The van der Waals surface area contributed by atoms with Crippen LogP contribution >= 0.6 is 56.7 Å². The van der Waals surface area contributed by atoms with E-state index in [1.54, 1.807) is 57.4 Å². The number of amides is 5. The van der Waals surface area contributed by atoms with Gasteiger partial charge in [-0.3, -0.25) is 24.0 Å². The Kier molecular flexibility index (Phi) is 20.9. The van der Waals surface area contributed by atoms with Crippen molar-refractivity contribution < 1.29 is 87.6 Å². The number of benzene rings is 1. The Labute approximate surface area is 588 Å². The van der Waals surface area contributed by atoms with Gasteiger partial charge in [0.05, 0.1) is 49.7 Å². The molecule has 0 aliphatic carbocycles. The van der Waals surface area contributed by atoms with Gasteiger partial charge in [0.25, 0.3) is 23.6 Å². The van der Waals surface area contributed by atoms with Crippen molar-refractivity contribution in [1.82, 2.24) is 71.0 Å². The molecule has 0 spiro atoms. The molecule has 32 nitrogen and oxygen atoms in total. The zero-order valence-electron chi connectivity index (χ0n) is 54.7. The van der Waals surface area contributed by atoms with Crippen LogP contribution in [0.5, 0.6) is 5.75 Å². The molecular formula is C63H68N14O18S5. The first kappa shape index (κ1) is 71.0. The van der Waals surface area contributed by atoms with Crippen LogP contribution in [-0.2, 0) is 51.2 Å². The molecule has 8 aromatic rings. The second kappa shape index (κ2) is 29.4. The van der Waals surface area contributed by atoms with Crippen molar-refractivity contribution in [2.45, 2.75) is 108 Å². The highest BCUT2D eigenvalue weighted by Crippen LogP contribution is 2.43. The molecule has 1 saturated heterocycles. The van der Waals surface area contributed by atoms with E-state index in [1.807, 2.05) is 4.90 Å². The van der Waals surface area contributed by atoms with Gasteiger partial charge in [0.15, 0.2) is 18.1 Å². The number of thiazole rings is 5. The van der Waals surface area contributed by atoms with Crippen LogP contribution in [0.4, 0.5) is 0 Å². The molecule has 0 saturated carbocycles. The number of nitrogens with one attached hydrogen (secondary N) is 5. The minimum Gasteiger partial charge on any atom is -0.506 e. The topological polar surface area (TPSA) is 425 Å². The second-order valence-electron chi connectivity index (χ2n) is 24.3. The molecule has 37 heteroatoms. The lowest BCUT2D eigenvalue weighted by Crippen LogP contribution is -2.62. The third-order valence-electron chi connectivity index (χ3n) is 17.0. The second-order valence-corrected chi connectivity index (χ2v) is 28.7. The van der Waals surface area contributed by atoms with Gasteiger partial charge < -0.3 is 90.4 Å². The van der Waals surface area contributed by atoms with E-state index in [4.69, 9.17) is 43.4 Å². The normalized spacial score (nSPS) is 23.9. The molecule has 100 heavy (non-hydrogen) atoms. The van der Waals surface area contributed by atoms with E-state index in [0.29, 0.717) is 23.4 Å². The number of rotatable bonds is 12. The summed E-state index contributed by atoms with van der Waals surface area (Å²) in [5.74, 6) is -6.76. The molecule has 12 rings (SSSR count). The number of carbonyl (C=O) groups is 7. The lowest BCUT2D eigenvalue weighted by atomic mass is 9.85. The van der Waals surface area contributed by atoms with Crippen molar-refractivity contribution in [2.24, 2.45) is 0 Å². The van der Waals surface area contributed by atoms with Gasteiger partial charge in [-0.15, -0.1) is 56.7 Å². The fourth-order valence-corrected chi connectivity index (χ4v) is 16.4. The molecule has 10 atom stereocenters.